The number of hydrogen-bond donors (Lipinski definition) is 2. The van der Waals surface area contributed by atoms with Gasteiger partial charge in [0.15, 0.2) is 0 Å². The molecule has 3 N–H and O–H groups in total. The summed E-state index contributed by atoms with van der Waals surface area (Å²) in [5.74, 6) is 1.53. The van der Waals surface area contributed by atoms with Gasteiger partial charge >= 0.3 is 0 Å². The molecule has 0 aromatic carbocycles. The van der Waals surface area contributed by atoms with Crippen molar-refractivity contribution in [3.8, 4) is 0 Å². The maximum absolute atomic E-state index is 5.48. The Kier molecular flexibility index (Phi) is 3.34. The second-order valence-corrected chi connectivity index (χ2v) is 4.02. The van der Waals surface area contributed by atoms with Crippen molar-refractivity contribution in [3.63, 3.8) is 0 Å². The fraction of sp³-hybridized carbons (Fsp3) is 0.182. The van der Waals surface area contributed by atoms with Crippen molar-refractivity contribution in [1.82, 2.24) is 10.1 Å². The fourth-order valence-corrected chi connectivity index (χ4v) is 1.45. The third-order valence-electron chi connectivity index (χ3n) is 2.18. The Balaban J connectivity index is 1.97. The van der Waals surface area contributed by atoms with Crippen LogP contribution in [0.1, 0.15) is 17.0 Å². The highest BCUT2D eigenvalue weighted by molar-refractivity contribution is 7.80. The van der Waals surface area contributed by atoms with Gasteiger partial charge in [-0.15, -0.1) is 0 Å². The standard InChI is InChI=1S/C11H12N4OS/c1-7-4-9(15-16-7)6-14-10-3-2-8(5-13-10)11(12)17/h2-5H,6H2,1H3,(H2,12,17)(H,13,14). The lowest BCUT2D eigenvalue weighted by molar-refractivity contribution is 0.391. The lowest BCUT2D eigenvalue weighted by Crippen LogP contribution is -2.10. The number of aryl methyl sites for hydroxylation is 1. The molecule has 88 valence electrons. The minimum absolute atomic E-state index is 0.344. The molecule has 2 aromatic heterocycles. The molecule has 2 aromatic rings. The summed E-state index contributed by atoms with van der Waals surface area (Å²) in [5, 5.41) is 6.99. The van der Waals surface area contributed by atoms with E-state index in [1.165, 1.54) is 0 Å². The smallest absolute Gasteiger partial charge is 0.133 e. The molecule has 0 amide bonds. The molecule has 0 saturated carbocycles. The molecule has 0 spiro atoms. The molecule has 0 aliphatic heterocycles. The van der Waals surface area contributed by atoms with Gasteiger partial charge in [-0.05, 0) is 19.1 Å². The summed E-state index contributed by atoms with van der Waals surface area (Å²) in [5.41, 5.74) is 7.07. The first kappa shape index (κ1) is 11.5. The van der Waals surface area contributed by atoms with Crippen molar-refractivity contribution in [2.24, 2.45) is 5.73 Å². The van der Waals surface area contributed by atoms with Crippen LogP contribution in [0.5, 0.6) is 0 Å². The SMILES string of the molecule is Cc1cc(CNc2ccc(C(N)=S)cn2)no1. The third kappa shape index (κ3) is 3.01. The highest BCUT2D eigenvalue weighted by Crippen LogP contribution is 2.08. The second kappa shape index (κ2) is 4.92. The van der Waals surface area contributed by atoms with Crippen LogP contribution >= 0.6 is 12.2 Å². The van der Waals surface area contributed by atoms with Crippen molar-refractivity contribution >= 4 is 23.0 Å². The number of nitrogens with one attached hydrogen (secondary N) is 1. The minimum atomic E-state index is 0.344. The molecule has 2 heterocycles. The summed E-state index contributed by atoms with van der Waals surface area (Å²) in [4.78, 5) is 4.53. The molecule has 0 bridgehead atoms. The van der Waals surface area contributed by atoms with Gasteiger partial charge in [0.2, 0.25) is 0 Å². The summed E-state index contributed by atoms with van der Waals surface area (Å²) >= 11 is 4.84. The van der Waals surface area contributed by atoms with E-state index in [2.05, 4.69) is 15.5 Å². The molecule has 0 aliphatic rings. The van der Waals surface area contributed by atoms with Crippen LogP contribution in [0.3, 0.4) is 0 Å². The highest BCUT2D eigenvalue weighted by atomic mass is 32.1. The van der Waals surface area contributed by atoms with Gasteiger partial charge in [0.1, 0.15) is 22.3 Å². The first-order valence-electron chi connectivity index (χ1n) is 5.07. The van der Waals surface area contributed by atoms with E-state index in [4.69, 9.17) is 22.5 Å². The van der Waals surface area contributed by atoms with Crippen molar-refractivity contribution in [1.29, 1.82) is 0 Å². The van der Waals surface area contributed by atoms with Crippen LogP contribution in [0.4, 0.5) is 5.82 Å². The van der Waals surface area contributed by atoms with E-state index in [1.54, 1.807) is 6.20 Å². The van der Waals surface area contributed by atoms with Gasteiger partial charge in [0.05, 0.1) is 6.54 Å². The van der Waals surface area contributed by atoms with Gasteiger partial charge in [-0.1, -0.05) is 17.4 Å². The predicted molar refractivity (Wildman–Crippen MR) is 68.7 cm³/mol. The highest BCUT2D eigenvalue weighted by Gasteiger charge is 2.01. The quantitative estimate of drug-likeness (QED) is 0.801. The average Bonchev–Trinajstić information content (AvgIpc) is 2.73. The van der Waals surface area contributed by atoms with Crippen LogP contribution in [0, 0.1) is 6.92 Å². The van der Waals surface area contributed by atoms with E-state index in [-0.39, 0.29) is 0 Å². The van der Waals surface area contributed by atoms with E-state index in [0.717, 1.165) is 22.8 Å². The molecule has 17 heavy (non-hydrogen) atoms. The van der Waals surface area contributed by atoms with Crippen LogP contribution < -0.4 is 11.1 Å². The summed E-state index contributed by atoms with van der Waals surface area (Å²) in [6.07, 6.45) is 1.64. The molecule has 0 unspecified atom stereocenters. The minimum Gasteiger partial charge on any atom is -0.389 e. The maximum atomic E-state index is 5.48. The average molecular weight is 248 g/mol. The molecule has 0 atom stereocenters. The summed E-state index contributed by atoms with van der Waals surface area (Å²) in [7, 11) is 0. The van der Waals surface area contributed by atoms with E-state index in [9.17, 15) is 0 Å². The number of anilines is 1. The zero-order valence-corrected chi connectivity index (χ0v) is 10.1. The van der Waals surface area contributed by atoms with Crippen LogP contribution in [-0.4, -0.2) is 15.1 Å². The molecule has 0 radical (unpaired) electrons. The molecule has 6 heteroatoms. The molecule has 5 nitrogen and oxygen atoms in total. The Hall–Kier alpha value is -1.95. The number of nitrogens with two attached hydrogens (primary N) is 1. The molecule has 0 aliphatic carbocycles. The van der Waals surface area contributed by atoms with Gasteiger partial charge in [0.25, 0.3) is 0 Å². The van der Waals surface area contributed by atoms with Crippen molar-refractivity contribution in [3.05, 3.63) is 41.4 Å². The second-order valence-electron chi connectivity index (χ2n) is 3.58. The first-order chi connectivity index (χ1) is 8.15. The number of thiocarbonyl (C=S) groups is 1. The van der Waals surface area contributed by atoms with Crippen molar-refractivity contribution in [2.75, 3.05) is 5.32 Å². The first-order valence-corrected chi connectivity index (χ1v) is 5.48. The molecule has 0 fully saturated rings. The van der Waals surface area contributed by atoms with E-state index in [1.807, 2.05) is 25.1 Å². The Bertz CT molecular complexity index is 521. The Morgan fingerprint density at radius 3 is 2.88 bits per heavy atom. The van der Waals surface area contributed by atoms with Gasteiger partial charge in [0, 0.05) is 17.8 Å². The van der Waals surface area contributed by atoms with Gasteiger partial charge in [-0.25, -0.2) is 4.98 Å². The number of pyridine rings is 1. The van der Waals surface area contributed by atoms with Gasteiger partial charge in [-0.2, -0.15) is 0 Å². The van der Waals surface area contributed by atoms with Crippen molar-refractivity contribution in [2.45, 2.75) is 13.5 Å². The van der Waals surface area contributed by atoms with Crippen LogP contribution in [0.25, 0.3) is 0 Å². The molecular weight excluding hydrogens is 236 g/mol. The van der Waals surface area contributed by atoms with Crippen LogP contribution in [-0.2, 0) is 6.54 Å². The Labute approximate surface area is 104 Å². The van der Waals surface area contributed by atoms with E-state index >= 15 is 0 Å². The zero-order valence-electron chi connectivity index (χ0n) is 9.30. The maximum Gasteiger partial charge on any atom is 0.133 e. The monoisotopic (exact) mass is 248 g/mol. The molecule has 2 rings (SSSR count). The lowest BCUT2D eigenvalue weighted by Gasteiger charge is -2.03. The summed E-state index contributed by atoms with van der Waals surface area (Å²) in [6, 6.07) is 5.52. The predicted octanol–water partition coefficient (Wildman–Crippen LogP) is 1.62. The zero-order chi connectivity index (χ0) is 12.3. The third-order valence-corrected chi connectivity index (χ3v) is 2.41. The van der Waals surface area contributed by atoms with Gasteiger partial charge < -0.3 is 15.6 Å². The van der Waals surface area contributed by atoms with Crippen LogP contribution in [0.15, 0.2) is 28.9 Å². The Morgan fingerprint density at radius 2 is 2.35 bits per heavy atom. The summed E-state index contributed by atoms with van der Waals surface area (Å²) < 4.78 is 4.96. The van der Waals surface area contributed by atoms with Crippen LogP contribution in [0.2, 0.25) is 0 Å². The molecular formula is C11H12N4OS. The number of aromatic nitrogens is 2. The van der Waals surface area contributed by atoms with E-state index in [0.29, 0.717) is 11.5 Å². The number of rotatable bonds is 4. The number of nitrogens with zero attached hydrogens (tertiary/aromatic N) is 2. The number of hydrogen-bond acceptors (Lipinski definition) is 5. The van der Waals surface area contributed by atoms with E-state index < -0.39 is 0 Å². The summed E-state index contributed by atoms with van der Waals surface area (Å²) in [6.45, 7) is 2.42. The lowest BCUT2D eigenvalue weighted by atomic mass is 10.3. The Morgan fingerprint density at radius 1 is 1.53 bits per heavy atom. The normalized spacial score (nSPS) is 10.2. The topological polar surface area (TPSA) is 77.0 Å². The molecule has 0 saturated heterocycles. The fourth-order valence-electron chi connectivity index (χ4n) is 1.33. The van der Waals surface area contributed by atoms with Gasteiger partial charge in [-0.3, -0.25) is 0 Å². The largest absolute Gasteiger partial charge is 0.389 e. The van der Waals surface area contributed by atoms with Crippen molar-refractivity contribution < 1.29 is 4.52 Å².